The van der Waals surface area contributed by atoms with Gasteiger partial charge < -0.3 is 18.9 Å². The van der Waals surface area contributed by atoms with Gasteiger partial charge in [-0.15, -0.1) is 0 Å². The highest BCUT2D eigenvalue weighted by Gasteiger charge is 2.44. The first-order chi connectivity index (χ1) is 14.0. The van der Waals surface area contributed by atoms with Crippen LogP contribution in [0.4, 0.5) is 0 Å². The van der Waals surface area contributed by atoms with E-state index in [2.05, 4.69) is 20.9 Å². The summed E-state index contributed by atoms with van der Waals surface area (Å²) in [7, 11) is 1.55. The summed E-state index contributed by atoms with van der Waals surface area (Å²) in [5.41, 5.74) is 2.82. The van der Waals surface area contributed by atoms with Gasteiger partial charge >= 0.3 is 5.97 Å². The fraction of sp³-hybridized carbons (Fsp3) is 0.476. The molecule has 0 amide bonds. The zero-order chi connectivity index (χ0) is 20.5. The molecule has 0 fully saturated rings. The summed E-state index contributed by atoms with van der Waals surface area (Å²) in [5.74, 6) is -0.335. The van der Waals surface area contributed by atoms with Crippen LogP contribution in [-0.4, -0.2) is 44.6 Å². The van der Waals surface area contributed by atoms with Crippen LogP contribution >= 0.6 is 15.9 Å². The van der Waals surface area contributed by atoms with Gasteiger partial charge in [0.05, 0.1) is 6.61 Å². The highest BCUT2D eigenvalue weighted by atomic mass is 79.9. The second-order valence-corrected chi connectivity index (χ2v) is 8.09. The summed E-state index contributed by atoms with van der Waals surface area (Å²) in [6, 6.07) is 3.66. The number of hydrogen-bond donors (Lipinski definition) is 0. The average Bonchev–Trinajstić information content (AvgIpc) is 3.13. The van der Waals surface area contributed by atoms with Crippen molar-refractivity contribution < 1.29 is 28.5 Å². The maximum Gasteiger partial charge on any atom is 0.315 e. The molecule has 1 aliphatic carbocycles. The van der Waals surface area contributed by atoms with Crippen molar-refractivity contribution in [1.29, 1.82) is 0 Å². The number of rotatable bonds is 5. The second-order valence-electron chi connectivity index (χ2n) is 7.23. The van der Waals surface area contributed by atoms with Crippen LogP contribution in [0.25, 0.3) is 0 Å². The van der Waals surface area contributed by atoms with Crippen molar-refractivity contribution >= 4 is 33.4 Å². The van der Waals surface area contributed by atoms with Crippen LogP contribution in [0.1, 0.15) is 37.7 Å². The van der Waals surface area contributed by atoms with E-state index in [1.165, 1.54) is 0 Å². The lowest BCUT2D eigenvalue weighted by atomic mass is 9.71. The molecule has 29 heavy (non-hydrogen) atoms. The van der Waals surface area contributed by atoms with Gasteiger partial charge in [0.25, 0.3) is 0 Å². The van der Waals surface area contributed by atoms with Gasteiger partial charge in [0.2, 0.25) is 6.79 Å². The van der Waals surface area contributed by atoms with E-state index in [0.717, 1.165) is 28.6 Å². The predicted molar refractivity (Wildman–Crippen MR) is 108 cm³/mol. The molecule has 7 nitrogen and oxygen atoms in total. The van der Waals surface area contributed by atoms with Crippen LogP contribution in [0, 0.1) is 5.92 Å². The summed E-state index contributed by atoms with van der Waals surface area (Å²) in [6.07, 6.45) is 1.95. The molecule has 0 bridgehead atoms. The number of fused-ring (bicyclic) bond motifs is 1. The summed E-state index contributed by atoms with van der Waals surface area (Å²) in [5, 5.41) is 0. The molecule has 154 valence electrons. The zero-order valence-corrected chi connectivity index (χ0v) is 17.9. The number of aliphatic imine (C=N–C) groups is 1. The highest BCUT2D eigenvalue weighted by Crippen LogP contribution is 2.48. The molecule has 3 aliphatic rings. The molecule has 1 unspecified atom stereocenters. The van der Waals surface area contributed by atoms with Crippen molar-refractivity contribution in [2.45, 2.75) is 32.1 Å². The van der Waals surface area contributed by atoms with Gasteiger partial charge in [0, 0.05) is 40.9 Å². The Kier molecular flexibility index (Phi) is 5.74. The number of ketones is 1. The average molecular weight is 464 g/mol. The van der Waals surface area contributed by atoms with Crippen LogP contribution in [0.2, 0.25) is 0 Å². The molecule has 2 aliphatic heterocycles. The van der Waals surface area contributed by atoms with Gasteiger partial charge in [0.15, 0.2) is 17.3 Å². The molecule has 0 N–H and O–H groups in total. The molecule has 1 aromatic carbocycles. The topological polar surface area (TPSA) is 83.4 Å². The van der Waals surface area contributed by atoms with E-state index >= 15 is 0 Å². The fourth-order valence-electron chi connectivity index (χ4n) is 4.13. The van der Waals surface area contributed by atoms with Crippen LogP contribution < -0.4 is 9.47 Å². The van der Waals surface area contributed by atoms with Crippen molar-refractivity contribution in [1.82, 2.24) is 0 Å². The van der Waals surface area contributed by atoms with Crippen molar-refractivity contribution in [3.8, 4) is 11.5 Å². The van der Waals surface area contributed by atoms with E-state index in [1.54, 1.807) is 7.11 Å². The Morgan fingerprint density at radius 2 is 2.00 bits per heavy atom. The van der Waals surface area contributed by atoms with E-state index in [4.69, 9.17) is 18.9 Å². The SMILES string of the molecule is COCCOC(=O)C1C(C)=NC2=C(C(=O)CCC2)[C@H]1c1cc2c(cc1Br)OCO2. The van der Waals surface area contributed by atoms with Crippen molar-refractivity contribution in [3.63, 3.8) is 0 Å². The van der Waals surface area contributed by atoms with Crippen LogP contribution in [0.15, 0.2) is 32.9 Å². The summed E-state index contributed by atoms with van der Waals surface area (Å²) >= 11 is 3.60. The fourth-order valence-corrected chi connectivity index (χ4v) is 4.70. The Labute approximate surface area is 177 Å². The first-order valence-corrected chi connectivity index (χ1v) is 10.4. The molecule has 8 heteroatoms. The Balaban J connectivity index is 1.81. The molecule has 2 heterocycles. The third-order valence-electron chi connectivity index (χ3n) is 5.45. The minimum atomic E-state index is -0.690. The third kappa shape index (κ3) is 3.71. The number of benzene rings is 1. The number of esters is 1. The lowest BCUT2D eigenvalue weighted by Gasteiger charge is -2.35. The third-order valence-corrected chi connectivity index (χ3v) is 6.13. The Morgan fingerprint density at radius 3 is 2.76 bits per heavy atom. The number of hydrogen-bond acceptors (Lipinski definition) is 7. The van der Waals surface area contributed by atoms with Crippen LogP contribution in [-0.2, 0) is 19.1 Å². The first-order valence-electron chi connectivity index (χ1n) is 9.57. The molecule has 0 aromatic heterocycles. The highest BCUT2D eigenvalue weighted by molar-refractivity contribution is 9.10. The zero-order valence-electron chi connectivity index (χ0n) is 16.3. The smallest absolute Gasteiger partial charge is 0.315 e. The molecule has 1 aromatic rings. The number of allylic oxidation sites excluding steroid dienone is 2. The summed E-state index contributed by atoms with van der Waals surface area (Å²) in [4.78, 5) is 30.6. The van der Waals surface area contributed by atoms with Crippen LogP contribution in [0.3, 0.4) is 0 Å². The molecule has 2 atom stereocenters. The van der Waals surface area contributed by atoms with Gasteiger partial charge in [-0.1, -0.05) is 15.9 Å². The number of halogens is 1. The van der Waals surface area contributed by atoms with E-state index < -0.39 is 17.8 Å². The van der Waals surface area contributed by atoms with Gasteiger partial charge in [-0.2, -0.15) is 0 Å². The Bertz CT molecular complexity index is 922. The maximum atomic E-state index is 13.0. The van der Waals surface area contributed by atoms with Crippen LogP contribution in [0.5, 0.6) is 11.5 Å². The Hall–Kier alpha value is -2.19. The molecule has 0 saturated carbocycles. The monoisotopic (exact) mass is 463 g/mol. The molecule has 4 rings (SSSR count). The summed E-state index contributed by atoms with van der Waals surface area (Å²) < 4.78 is 22.2. The lowest BCUT2D eigenvalue weighted by Crippen LogP contribution is -2.37. The quantitative estimate of drug-likeness (QED) is 0.490. The van der Waals surface area contributed by atoms with E-state index in [1.807, 2.05) is 19.1 Å². The van der Waals surface area contributed by atoms with E-state index in [-0.39, 0.29) is 19.2 Å². The molecule has 0 radical (unpaired) electrons. The van der Waals surface area contributed by atoms with E-state index in [9.17, 15) is 9.59 Å². The predicted octanol–water partition coefficient (Wildman–Crippen LogP) is 3.55. The van der Waals surface area contributed by atoms with E-state index in [0.29, 0.717) is 35.8 Å². The molecule has 0 saturated heterocycles. The normalized spacial score (nSPS) is 23.0. The van der Waals surface area contributed by atoms with Gasteiger partial charge in [0.1, 0.15) is 12.5 Å². The molecular formula is C21H22BrNO6. The standard InChI is InChI=1S/C21H22BrNO6/c1-11-18(21(25)27-7-6-26-2)19(20-14(23-11)4-3-5-15(20)24)12-8-16-17(9-13(12)22)29-10-28-16/h8-9,18-19H,3-7,10H2,1-2H3/t18?,19-/m0/s1. The van der Waals surface area contributed by atoms with Gasteiger partial charge in [-0.3, -0.25) is 14.6 Å². The minimum Gasteiger partial charge on any atom is -0.463 e. The maximum absolute atomic E-state index is 13.0. The number of nitrogens with zero attached hydrogens (tertiary/aromatic N) is 1. The number of carbonyl (C=O) groups excluding carboxylic acids is 2. The number of Topliss-reactive ketones (excluding diaryl/α,β-unsaturated/α-hetero) is 1. The van der Waals surface area contributed by atoms with Crippen molar-refractivity contribution in [3.05, 3.63) is 33.4 Å². The number of methoxy groups -OCH3 is 1. The first kappa shape index (κ1) is 20.1. The largest absolute Gasteiger partial charge is 0.463 e. The molecule has 0 spiro atoms. The number of carbonyl (C=O) groups is 2. The Morgan fingerprint density at radius 1 is 1.24 bits per heavy atom. The lowest BCUT2D eigenvalue weighted by molar-refractivity contribution is -0.147. The van der Waals surface area contributed by atoms with Crippen molar-refractivity contribution in [2.24, 2.45) is 10.9 Å². The summed E-state index contributed by atoms with van der Waals surface area (Å²) in [6.45, 7) is 2.42. The second kappa shape index (κ2) is 8.28. The van der Waals surface area contributed by atoms with Crippen molar-refractivity contribution in [2.75, 3.05) is 27.1 Å². The van der Waals surface area contributed by atoms with Gasteiger partial charge in [-0.25, -0.2) is 0 Å². The minimum absolute atomic E-state index is 0.0340. The number of ether oxygens (including phenoxy) is 4. The molecular weight excluding hydrogens is 442 g/mol. The van der Waals surface area contributed by atoms with Gasteiger partial charge in [-0.05, 0) is 37.5 Å².